The summed E-state index contributed by atoms with van der Waals surface area (Å²) in [7, 11) is 0. The van der Waals surface area contributed by atoms with Crippen LogP contribution in [-0.2, 0) is 0 Å². The largest absolute Gasteiger partial charge is 0.455 e. The first-order valence-corrected chi connectivity index (χ1v) is 20.9. The van der Waals surface area contributed by atoms with Gasteiger partial charge >= 0.3 is 0 Å². The van der Waals surface area contributed by atoms with E-state index in [2.05, 4.69) is 211 Å². The minimum atomic E-state index is 0.904. The van der Waals surface area contributed by atoms with Gasteiger partial charge in [-0.05, 0) is 80.9 Å². The summed E-state index contributed by atoms with van der Waals surface area (Å²) < 4.78 is 9.07. The fraction of sp³-hybridized carbons (Fsp3) is 0. The molecular formula is C56H35NOS. The van der Waals surface area contributed by atoms with Crippen molar-refractivity contribution in [1.82, 2.24) is 0 Å². The number of hydrogen-bond acceptors (Lipinski definition) is 3. The number of rotatable bonds is 6. The lowest BCUT2D eigenvalue weighted by molar-refractivity contribution is 0.670. The van der Waals surface area contributed by atoms with Crippen LogP contribution >= 0.6 is 11.3 Å². The standard InChI is InChI=1S/C56H35NOS/c1-2-14-36(15-3-1)38-16-12-17-39(34-38)54-48-22-6-4-18-43(48)44-19-5-7-23-49(44)55(54)57(41-32-33-47-46-21-9-11-27-52(46)59-53(47)35-41)40-30-28-37(29-31-40)42-24-13-25-50-45-20-8-10-26-51(45)58-56(42)50/h1-35H. The predicted molar refractivity (Wildman–Crippen MR) is 253 cm³/mol. The van der Waals surface area contributed by atoms with Crippen LogP contribution in [0.1, 0.15) is 0 Å². The summed E-state index contributed by atoms with van der Waals surface area (Å²) in [6.07, 6.45) is 0. The van der Waals surface area contributed by atoms with E-state index < -0.39 is 0 Å². The van der Waals surface area contributed by atoms with Gasteiger partial charge in [0.2, 0.25) is 0 Å². The number of furan rings is 1. The molecule has 3 heteroatoms. The molecule has 0 aliphatic heterocycles. The van der Waals surface area contributed by atoms with Crippen molar-refractivity contribution in [2.24, 2.45) is 0 Å². The van der Waals surface area contributed by atoms with E-state index in [9.17, 15) is 0 Å². The van der Waals surface area contributed by atoms with Crippen molar-refractivity contribution in [3.8, 4) is 33.4 Å². The Hall–Kier alpha value is -7.46. The average Bonchev–Trinajstić information content (AvgIpc) is 3.88. The van der Waals surface area contributed by atoms with Crippen molar-refractivity contribution in [2.45, 2.75) is 0 Å². The summed E-state index contributed by atoms with van der Waals surface area (Å²) >= 11 is 1.86. The van der Waals surface area contributed by atoms with E-state index in [4.69, 9.17) is 4.42 Å². The van der Waals surface area contributed by atoms with Crippen molar-refractivity contribution < 1.29 is 4.42 Å². The highest BCUT2D eigenvalue weighted by Gasteiger charge is 2.25. The molecule has 2 aromatic heterocycles. The molecule has 2 heterocycles. The second-order valence-corrected chi connectivity index (χ2v) is 16.3. The van der Waals surface area contributed by atoms with Gasteiger partial charge in [0, 0.05) is 58.8 Å². The van der Waals surface area contributed by atoms with Gasteiger partial charge in [-0.1, -0.05) is 170 Å². The number of fused-ring (bicyclic) bond motifs is 9. The van der Waals surface area contributed by atoms with Crippen LogP contribution in [0.4, 0.5) is 17.1 Å². The van der Waals surface area contributed by atoms with Crippen LogP contribution in [0, 0.1) is 0 Å². The van der Waals surface area contributed by atoms with Crippen LogP contribution in [0.5, 0.6) is 0 Å². The fourth-order valence-electron chi connectivity index (χ4n) is 9.16. The van der Waals surface area contributed by atoms with Crippen molar-refractivity contribution in [2.75, 3.05) is 4.90 Å². The highest BCUT2D eigenvalue weighted by molar-refractivity contribution is 7.25. The Morgan fingerprint density at radius 3 is 1.76 bits per heavy atom. The zero-order chi connectivity index (χ0) is 38.9. The first kappa shape index (κ1) is 33.7. The molecule has 0 atom stereocenters. The molecule has 0 aliphatic rings. The van der Waals surface area contributed by atoms with E-state index in [1.54, 1.807) is 0 Å². The van der Waals surface area contributed by atoms with E-state index in [-0.39, 0.29) is 0 Å². The van der Waals surface area contributed by atoms with Crippen molar-refractivity contribution in [3.05, 3.63) is 212 Å². The SMILES string of the molecule is c1ccc(-c2cccc(-c3c(N(c4ccc(-c5cccc6c5oc5ccccc56)cc4)c4ccc5c(c4)sc4ccccc45)c4ccccc4c4ccccc34)c2)cc1. The Kier molecular flexibility index (Phi) is 7.75. The van der Waals surface area contributed by atoms with E-state index in [1.807, 2.05) is 17.4 Å². The number of nitrogens with zero attached hydrogens (tertiary/aromatic N) is 1. The normalized spacial score (nSPS) is 11.7. The molecule has 0 amide bonds. The van der Waals surface area contributed by atoms with Crippen LogP contribution in [-0.4, -0.2) is 0 Å². The molecule has 0 aliphatic carbocycles. The maximum atomic E-state index is 6.51. The zero-order valence-electron chi connectivity index (χ0n) is 32.0. The second kappa shape index (κ2) is 13.6. The quantitative estimate of drug-likeness (QED) is 0.157. The third-order valence-electron chi connectivity index (χ3n) is 11.8. The Morgan fingerprint density at radius 1 is 0.339 bits per heavy atom. The lowest BCUT2D eigenvalue weighted by atomic mass is 9.89. The minimum absolute atomic E-state index is 0.904. The topological polar surface area (TPSA) is 16.4 Å². The molecule has 59 heavy (non-hydrogen) atoms. The number of para-hydroxylation sites is 2. The fourth-order valence-corrected chi connectivity index (χ4v) is 10.3. The van der Waals surface area contributed by atoms with Crippen LogP contribution in [0.15, 0.2) is 217 Å². The van der Waals surface area contributed by atoms with Gasteiger partial charge < -0.3 is 9.32 Å². The molecule has 0 saturated carbocycles. The molecule has 0 fully saturated rings. The summed E-state index contributed by atoms with van der Waals surface area (Å²) in [6.45, 7) is 0. The molecule has 10 aromatic carbocycles. The summed E-state index contributed by atoms with van der Waals surface area (Å²) in [5.41, 5.74) is 12.1. The van der Waals surface area contributed by atoms with Gasteiger partial charge in [-0.2, -0.15) is 0 Å². The van der Waals surface area contributed by atoms with Gasteiger partial charge in [0.1, 0.15) is 11.2 Å². The lowest BCUT2D eigenvalue weighted by Crippen LogP contribution is -2.12. The molecule has 12 rings (SSSR count). The maximum absolute atomic E-state index is 6.51. The number of thiophene rings is 1. The Labute approximate surface area is 345 Å². The van der Waals surface area contributed by atoms with Gasteiger partial charge in [-0.25, -0.2) is 0 Å². The van der Waals surface area contributed by atoms with Crippen molar-refractivity contribution in [3.63, 3.8) is 0 Å². The van der Waals surface area contributed by atoms with Crippen LogP contribution in [0.25, 0.3) is 97.0 Å². The second-order valence-electron chi connectivity index (χ2n) is 15.2. The number of hydrogen-bond donors (Lipinski definition) is 0. The highest BCUT2D eigenvalue weighted by Crippen LogP contribution is 2.51. The van der Waals surface area contributed by atoms with Crippen LogP contribution in [0.2, 0.25) is 0 Å². The molecule has 2 nitrogen and oxygen atoms in total. The predicted octanol–water partition coefficient (Wildman–Crippen LogP) is 16.7. The molecule has 0 spiro atoms. The molecule has 12 aromatic rings. The Bertz CT molecular complexity index is 3560. The van der Waals surface area contributed by atoms with Gasteiger partial charge in [-0.3, -0.25) is 0 Å². The highest BCUT2D eigenvalue weighted by atomic mass is 32.1. The molecule has 0 radical (unpaired) electrons. The van der Waals surface area contributed by atoms with Crippen LogP contribution < -0.4 is 4.90 Å². The first-order valence-electron chi connectivity index (χ1n) is 20.1. The van der Waals surface area contributed by atoms with E-state index in [0.717, 1.165) is 50.1 Å². The molecule has 0 N–H and O–H groups in total. The lowest BCUT2D eigenvalue weighted by Gasteiger charge is -2.31. The minimum Gasteiger partial charge on any atom is -0.455 e. The molecule has 0 unspecified atom stereocenters. The third-order valence-corrected chi connectivity index (χ3v) is 13.0. The third kappa shape index (κ3) is 5.47. The van der Waals surface area contributed by atoms with Crippen LogP contribution in [0.3, 0.4) is 0 Å². The number of benzene rings is 10. The van der Waals surface area contributed by atoms with E-state index >= 15 is 0 Å². The average molecular weight is 770 g/mol. The van der Waals surface area contributed by atoms with Gasteiger partial charge in [-0.15, -0.1) is 11.3 Å². The first-order chi connectivity index (χ1) is 29.3. The molecule has 0 bridgehead atoms. The summed E-state index contributed by atoms with van der Waals surface area (Å²) in [5.74, 6) is 0. The van der Waals surface area contributed by atoms with Gasteiger partial charge in [0.25, 0.3) is 0 Å². The number of anilines is 3. The summed E-state index contributed by atoms with van der Waals surface area (Å²) in [5, 5.41) is 9.71. The van der Waals surface area contributed by atoms with E-state index in [1.165, 1.54) is 64.0 Å². The molecular weight excluding hydrogens is 735 g/mol. The Balaban J connectivity index is 1.14. The van der Waals surface area contributed by atoms with Crippen molar-refractivity contribution in [1.29, 1.82) is 0 Å². The summed E-state index contributed by atoms with van der Waals surface area (Å²) in [4.78, 5) is 2.49. The maximum Gasteiger partial charge on any atom is 0.143 e. The Morgan fingerprint density at radius 2 is 0.932 bits per heavy atom. The van der Waals surface area contributed by atoms with Crippen molar-refractivity contribution >= 4 is 92.1 Å². The summed E-state index contributed by atoms with van der Waals surface area (Å²) in [6, 6.07) is 77.1. The molecule has 0 saturated heterocycles. The smallest absolute Gasteiger partial charge is 0.143 e. The monoisotopic (exact) mass is 769 g/mol. The van der Waals surface area contributed by atoms with Gasteiger partial charge in [0.05, 0.1) is 5.69 Å². The molecule has 276 valence electrons. The van der Waals surface area contributed by atoms with E-state index in [0.29, 0.717) is 0 Å². The van der Waals surface area contributed by atoms with Gasteiger partial charge in [0.15, 0.2) is 0 Å². The zero-order valence-corrected chi connectivity index (χ0v) is 32.8.